The molecule has 1 fully saturated rings. The summed E-state index contributed by atoms with van der Waals surface area (Å²) >= 11 is 1.63. The molecule has 29 heavy (non-hydrogen) atoms. The molecule has 1 aliphatic heterocycles. The van der Waals surface area contributed by atoms with Crippen LogP contribution in [0.3, 0.4) is 0 Å². The number of carbonyl (C=O) groups excluding carboxylic acids is 1. The van der Waals surface area contributed by atoms with Crippen LogP contribution in [0.2, 0.25) is 0 Å². The average molecular weight is 409 g/mol. The molecule has 1 aliphatic rings. The van der Waals surface area contributed by atoms with Gasteiger partial charge in [-0.3, -0.25) is 14.9 Å². The van der Waals surface area contributed by atoms with Crippen LogP contribution in [-0.2, 0) is 11.2 Å². The highest BCUT2D eigenvalue weighted by Crippen LogP contribution is 2.23. The molecule has 0 N–H and O–H groups in total. The number of piperazine rings is 1. The summed E-state index contributed by atoms with van der Waals surface area (Å²) in [4.78, 5) is 27.9. The molecule has 8 nitrogen and oxygen atoms in total. The Morgan fingerprint density at radius 2 is 1.79 bits per heavy atom. The monoisotopic (exact) mass is 409 g/mol. The van der Waals surface area contributed by atoms with Crippen molar-refractivity contribution in [3.05, 3.63) is 69.6 Å². The Hall–Kier alpha value is -3.33. The normalized spacial score (nSPS) is 14.1. The second-order valence-electron chi connectivity index (χ2n) is 6.72. The van der Waals surface area contributed by atoms with Gasteiger partial charge in [0.25, 0.3) is 5.69 Å². The van der Waals surface area contributed by atoms with Crippen molar-refractivity contribution in [3.63, 3.8) is 0 Å². The first-order valence-corrected chi connectivity index (χ1v) is 10.1. The Bertz CT molecular complexity index is 982. The first kappa shape index (κ1) is 19.0. The lowest BCUT2D eigenvalue weighted by Gasteiger charge is -2.35. The van der Waals surface area contributed by atoms with Crippen molar-refractivity contribution < 1.29 is 9.72 Å². The van der Waals surface area contributed by atoms with Gasteiger partial charge in [0.2, 0.25) is 5.91 Å². The third-order valence-corrected chi connectivity index (χ3v) is 5.78. The molecule has 0 bridgehead atoms. The minimum Gasteiger partial charge on any atom is -0.352 e. The second kappa shape index (κ2) is 8.36. The highest BCUT2D eigenvalue weighted by Gasteiger charge is 2.22. The number of rotatable bonds is 5. The van der Waals surface area contributed by atoms with Crippen LogP contribution in [0.4, 0.5) is 11.5 Å². The molecule has 2 aromatic heterocycles. The van der Waals surface area contributed by atoms with Gasteiger partial charge in [0.05, 0.1) is 16.2 Å². The highest BCUT2D eigenvalue weighted by molar-refractivity contribution is 7.13. The Morgan fingerprint density at radius 1 is 1.03 bits per heavy atom. The van der Waals surface area contributed by atoms with E-state index in [1.54, 1.807) is 23.5 Å². The summed E-state index contributed by atoms with van der Waals surface area (Å²) in [6.45, 7) is 2.61. The van der Waals surface area contributed by atoms with Crippen LogP contribution in [0.1, 0.15) is 5.56 Å². The molecule has 0 atom stereocenters. The van der Waals surface area contributed by atoms with Crippen LogP contribution < -0.4 is 4.90 Å². The molecule has 0 saturated carbocycles. The third kappa shape index (κ3) is 4.40. The van der Waals surface area contributed by atoms with Crippen LogP contribution in [-0.4, -0.2) is 52.1 Å². The smallest absolute Gasteiger partial charge is 0.269 e. The molecule has 9 heteroatoms. The number of nitro groups is 1. The fourth-order valence-electron chi connectivity index (χ4n) is 3.26. The quantitative estimate of drug-likeness (QED) is 0.475. The predicted molar refractivity (Wildman–Crippen MR) is 111 cm³/mol. The van der Waals surface area contributed by atoms with E-state index >= 15 is 0 Å². The molecule has 0 aliphatic carbocycles. The van der Waals surface area contributed by atoms with E-state index in [1.165, 1.54) is 12.1 Å². The summed E-state index contributed by atoms with van der Waals surface area (Å²) in [5, 5.41) is 21.4. The van der Waals surface area contributed by atoms with Gasteiger partial charge in [-0.15, -0.1) is 21.5 Å². The Balaban J connectivity index is 1.31. The predicted octanol–water partition coefficient (Wildman–Crippen LogP) is 3.00. The van der Waals surface area contributed by atoms with Gasteiger partial charge >= 0.3 is 0 Å². The molecule has 1 aromatic carbocycles. The molecule has 3 aromatic rings. The number of benzene rings is 1. The summed E-state index contributed by atoms with van der Waals surface area (Å²) in [5.41, 5.74) is 1.67. The van der Waals surface area contributed by atoms with Gasteiger partial charge in [-0.05, 0) is 29.1 Å². The van der Waals surface area contributed by atoms with E-state index in [4.69, 9.17) is 0 Å². The maximum absolute atomic E-state index is 12.6. The van der Waals surface area contributed by atoms with Crippen LogP contribution in [0.15, 0.2) is 53.9 Å². The van der Waals surface area contributed by atoms with Crippen molar-refractivity contribution in [1.82, 2.24) is 15.1 Å². The molecule has 0 spiro atoms. The number of carbonyl (C=O) groups is 1. The minimum atomic E-state index is -0.444. The van der Waals surface area contributed by atoms with Gasteiger partial charge in [-0.2, -0.15) is 0 Å². The summed E-state index contributed by atoms with van der Waals surface area (Å²) in [6, 6.07) is 14.1. The number of anilines is 1. The summed E-state index contributed by atoms with van der Waals surface area (Å²) in [5.74, 6) is 0.838. The van der Waals surface area contributed by atoms with Gasteiger partial charge in [-0.1, -0.05) is 18.2 Å². The lowest BCUT2D eigenvalue weighted by molar-refractivity contribution is -0.384. The van der Waals surface area contributed by atoms with E-state index in [9.17, 15) is 14.9 Å². The standard InChI is InChI=1S/C20H19N5O3S/c26-20(14-15-3-5-16(6-4-15)25(27)28)24-11-9-23(10-12-24)19-8-7-17(21-22-19)18-2-1-13-29-18/h1-8,13H,9-12,14H2. The molecule has 0 unspecified atom stereocenters. The Labute approximate surface area is 171 Å². The van der Waals surface area contributed by atoms with Crippen LogP contribution >= 0.6 is 11.3 Å². The molecular weight excluding hydrogens is 390 g/mol. The molecule has 148 valence electrons. The van der Waals surface area contributed by atoms with E-state index in [0.717, 1.165) is 22.0 Å². The number of hydrogen-bond donors (Lipinski definition) is 0. The van der Waals surface area contributed by atoms with E-state index in [-0.39, 0.29) is 18.0 Å². The van der Waals surface area contributed by atoms with Crippen molar-refractivity contribution in [2.75, 3.05) is 31.1 Å². The number of hydrogen-bond acceptors (Lipinski definition) is 7. The first-order chi connectivity index (χ1) is 14.1. The van der Waals surface area contributed by atoms with E-state index < -0.39 is 4.92 Å². The van der Waals surface area contributed by atoms with Crippen LogP contribution in [0, 0.1) is 10.1 Å². The lowest BCUT2D eigenvalue weighted by Crippen LogP contribution is -2.49. The Morgan fingerprint density at radius 3 is 2.38 bits per heavy atom. The number of nitro benzene ring substituents is 1. The van der Waals surface area contributed by atoms with E-state index in [1.807, 2.05) is 34.5 Å². The van der Waals surface area contributed by atoms with Gasteiger partial charge < -0.3 is 9.80 Å². The summed E-state index contributed by atoms with van der Waals surface area (Å²) < 4.78 is 0. The SMILES string of the molecule is O=C(Cc1ccc([N+](=O)[O-])cc1)N1CCN(c2ccc(-c3cccs3)nn2)CC1. The number of nitrogens with zero attached hydrogens (tertiary/aromatic N) is 5. The second-order valence-corrected chi connectivity index (χ2v) is 7.67. The Kier molecular flexibility index (Phi) is 5.48. The zero-order valence-corrected chi connectivity index (χ0v) is 16.4. The van der Waals surface area contributed by atoms with Gasteiger partial charge in [0.1, 0.15) is 5.69 Å². The van der Waals surface area contributed by atoms with Crippen molar-refractivity contribution in [2.45, 2.75) is 6.42 Å². The number of amides is 1. The van der Waals surface area contributed by atoms with Crippen molar-refractivity contribution in [3.8, 4) is 10.6 Å². The molecular formula is C20H19N5O3S. The maximum Gasteiger partial charge on any atom is 0.269 e. The molecule has 1 saturated heterocycles. The molecule has 3 heterocycles. The van der Waals surface area contributed by atoms with Gasteiger partial charge in [-0.25, -0.2) is 0 Å². The topological polar surface area (TPSA) is 92.5 Å². The first-order valence-electron chi connectivity index (χ1n) is 9.24. The van der Waals surface area contributed by atoms with Crippen molar-refractivity contribution in [1.29, 1.82) is 0 Å². The van der Waals surface area contributed by atoms with Crippen molar-refractivity contribution >= 4 is 28.7 Å². The zero-order chi connectivity index (χ0) is 20.2. The van der Waals surface area contributed by atoms with Crippen LogP contribution in [0.5, 0.6) is 0 Å². The zero-order valence-electron chi connectivity index (χ0n) is 15.6. The fourth-order valence-corrected chi connectivity index (χ4v) is 3.95. The number of thiophene rings is 1. The van der Waals surface area contributed by atoms with Crippen LogP contribution in [0.25, 0.3) is 10.6 Å². The number of non-ortho nitro benzene ring substituents is 1. The van der Waals surface area contributed by atoms with Gasteiger partial charge in [0.15, 0.2) is 5.82 Å². The fraction of sp³-hybridized carbons (Fsp3) is 0.250. The molecule has 4 rings (SSSR count). The maximum atomic E-state index is 12.6. The largest absolute Gasteiger partial charge is 0.352 e. The number of aromatic nitrogens is 2. The van der Waals surface area contributed by atoms with Gasteiger partial charge in [0, 0.05) is 38.3 Å². The van der Waals surface area contributed by atoms with E-state index in [2.05, 4.69) is 15.1 Å². The highest BCUT2D eigenvalue weighted by atomic mass is 32.1. The summed E-state index contributed by atoms with van der Waals surface area (Å²) in [7, 11) is 0. The van der Waals surface area contributed by atoms with Crippen molar-refractivity contribution in [2.24, 2.45) is 0 Å². The molecule has 1 amide bonds. The van der Waals surface area contributed by atoms with E-state index in [0.29, 0.717) is 26.2 Å². The minimum absolute atomic E-state index is 0.0256. The average Bonchev–Trinajstić information content (AvgIpc) is 3.29. The molecule has 0 radical (unpaired) electrons. The summed E-state index contributed by atoms with van der Waals surface area (Å²) in [6.07, 6.45) is 0.243. The lowest BCUT2D eigenvalue weighted by atomic mass is 10.1. The third-order valence-electron chi connectivity index (χ3n) is 4.88.